The van der Waals surface area contributed by atoms with Crippen LogP contribution in [0.1, 0.15) is 61.6 Å². The van der Waals surface area contributed by atoms with Gasteiger partial charge in [-0.3, -0.25) is 0 Å². The van der Waals surface area contributed by atoms with E-state index in [2.05, 4.69) is 90.7 Å². The first-order valence-corrected chi connectivity index (χ1v) is 12.4. The molecule has 0 saturated heterocycles. The Labute approximate surface area is 194 Å². The Morgan fingerprint density at radius 2 is 1.38 bits per heavy atom. The van der Waals surface area contributed by atoms with Crippen molar-refractivity contribution in [3.8, 4) is 5.75 Å². The molecule has 1 saturated carbocycles. The zero-order valence-electron chi connectivity index (χ0n) is 19.5. The number of ether oxygens (including phenoxy) is 1. The van der Waals surface area contributed by atoms with E-state index in [9.17, 15) is 0 Å². The van der Waals surface area contributed by atoms with E-state index in [-0.39, 0.29) is 0 Å². The molecule has 0 N–H and O–H groups in total. The first-order chi connectivity index (χ1) is 15.8. The van der Waals surface area contributed by atoms with Crippen LogP contribution in [0.4, 0.5) is 0 Å². The Balaban J connectivity index is 1.21. The third-order valence-corrected chi connectivity index (χ3v) is 6.97. The minimum absolute atomic E-state index is 0.627. The predicted octanol–water partition coefficient (Wildman–Crippen LogP) is 7.25. The van der Waals surface area contributed by atoms with Crippen LogP contribution in [0.2, 0.25) is 0 Å². The Kier molecular flexibility index (Phi) is 8.39. The molecule has 1 aliphatic carbocycles. The van der Waals surface area contributed by atoms with Gasteiger partial charge in [-0.15, -0.1) is 0 Å². The van der Waals surface area contributed by atoms with Crippen molar-refractivity contribution in [3.05, 3.63) is 102 Å². The third-order valence-electron chi connectivity index (χ3n) is 6.97. The molecule has 2 nitrogen and oxygen atoms in total. The van der Waals surface area contributed by atoms with Crippen molar-refractivity contribution in [2.24, 2.45) is 0 Å². The fraction of sp³-hybridized carbons (Fsp3) is 0.400. The van der Waals surface area contributed by atoms with Gasteiger partial charge < -0.3 is 9.64 Å². The molecule has 0 aromatic heterocycles. The predicted molar refractivity (Wildman–Crippen MR) is 134 cm³/mol. The summed E-state index contributed by atoms with van der Waals surface area (Å²) in [5.74, 6) is 1.65. The molecule has 0 heterocycles. The highest BCUT2D eigenvalue weighted by Gasteiger charge is 2.25. The van der Waals surface area contributed by atoms with Crippen LogP contribution in [-0.2, 0) is 13.0 Å². The van der Waals surface area contributed by atoms with Crippen molar-refractivity contribution >= 4 is 0 Å². The standard InChI is InChI=1S/C30H37NO/c1-2-31(23-9-14-25-10-5-3-6-11-25)29-19-15-27(16-20-29)28-17-21-30(22-18-28)32-24-26-12-7-4-8-13-26/h3-8,10-13,17-18,21-22,27,29H,2,9,14-16,19-20,23-24H2,1H3. The Morgan fingerprint density at radius 1 is 0.750 bits per heavy atom. The first-order valence-electron chi connectivity index (χ1n) is 12.4. The quantitative estimate of drug-likeness (QED) is 0.338. The second kappa shape index (κ2) is 11.9. The van der Waals surface area contributed by atoms with Crippen molar-refractivity contribution in [3.63, 3.8) is 0 Å². The van der Waals surface area contributed by atoms with Gasteiger partial charge in [0.05, 0.1) is 0 Å². The summed E-state index contributed by atoms with van der Waals surface area (Å²) < 4.78 is 5.96. The SMILES string of the molecule is CCN(CCCc1ccccc1)C1CCC(c2ccc(OCc3ccccc3)cc2)CC1. The molecule has 0 atom stereocenters. The minimum atomic E-state index is 0.627. The van der Waals surface area contributed by atoms with Crippen molar-refractivity contribution in [1.82, 2.24) is 4.90 Å². The van der Waals surface area contributed by atoms with Crippen molar-refractivity contribution < 1.29 is 4.74 Å². The van der Waals surface area contributed by atoms with E-state index < -0.39 is 0 Å². The Morgan fingerprint density at radius 3 is 2.00 bits per heavy atom. The summed E-state index contributed by atoms with van der Waals surface area (Å²) in [7, 11) is 0. The molecule has 4 rings (SSSR count). The highest BCUT2D eigenvalue weighted by Crippen LogP contribution is 2.35. The normalized spacial score (nSPS) is 18.6. The third kappa shape index (κ3) is 6.46. The van der Waals surface area contributed by atoms with Gasteiger partial charge in [-0.1, -0.05) is 79.7 Å². The Bertz CT molecular complexity index is 899. The number of rotatable bonds is 10. The van der Waals surface area contributed by atoms with Crippen molar-refractivity contribution in [1.29, 1.82) is 0 Å². The maximum Gasteiger partial charge on any atom is 0.119 e. The second-order valence-corrected chi connectivity index (χ2v) is 9.07. The van der Waals surface area contributed by atoms with Crippen LogP contribution >= 0.6 is 0 Å². The molecule has 3 aromatic rings. The molecule has 1 aliphatic rings. The van der Waals surface area contributed by atoms with E-state index in [0.717, 1.165) is 18.3 Å². The number of hydrogen-bond acceptors (Lipinski definition) is 2. The summed E-state index contributed by atoms with van der Waals surface area (Å²) in [6, 6.07) is 30.9. The monoisotopic (exact) mass is 427 g/mol. The smallest absolute Gasteiger partial charge is 0.119 e. The van der Waals surface area contributed by atoms with Gasteiger partial charge in [0.25, 0.3) is 0 Å². The van der Waals surface area contributed by atoms with E-state index in [1.54, 1.807) is 0 Å². The lowest BCUT2D eigenvalue weighted by Crippen LogP contribution is -2.38. The summed E-state index contributed by atoms with van der Waals surface area (Å²) in [6.07, 6.45) is 7.66. The molecule has 0 unspecified atom stereocenters. The van der Waals surface area contributed by atoms with Crippen LogP contribution in [0.25, 0.3) is 0 Å². The van der Waals surface area contributed by atoms with Gasteiger partial charge in [0, 0.05) is 6.04 Å². The average Bonchev–Trinajstić information content (AvgIpc) is 2.87. The summed E-state index contributed by atoms with van der Waals surface area (Å²) in [5.41, 5.74) is 4.14. The molecule has 0 radical (unpaired) electrons. The molecule has 1 fully saturated rings. The maximum absolute atomic E-state index is 5.96. The molecule has 2 heteroatoms. The molecular weight excluding hydrogens is 390 g/mol. The van der Waals surface area contributed by atoms with Crippen molar-refractivity contribution in [2.45, 2.75) is 64.0 Å². The van der Waals surface area contributed by atoms with Gasteiger partial charge >= 0.3 is 0 Å². The van der Waals surface area contributed by atoms with Crippen LogP contribution in [0.15, 0.2) is 84.9 Å². The fourth-order valence-corrected chi connectivity index (χ4v) is 5.08. The second-order valence-electron chi connectivity index (χ2n) is 9.07. The zero-order chi connectivity index (χ0) is 22.0. The summed E-state index contributed by atoms with van der Waals surface area (Å²) in [5, 5.41) is 0. The molecule has 32 heavy (non-hydrogen) atoms. The minimum Gasteiger partial charge on any atom is -0.489 e. The fourth-order valence-electron chi connectivity index (χ4n) is 5.08. The van der Waals surface area contributed by atoms with E-state index in [4.69, 9.17) is 4.74 Å². The number of hydrogen-bond donors (Lipinski definition) is 0. The van der Waals surface area contributed by atoms with Gasteiger partial charge in [0.1, 0.15) is 12.4 Å². The number of aryl methyl sites for hydroxylation is 1. The van der Waals surface area contributed by atoms with E-state index in [0.29, 0.717) is 12.5 Å². The van der Waals surface area contributed by atoms with Gasteiger partial charge in [-0.2, -0.15) is 0 Å². The van der Waals surface area contributed by atoms with Crippen LogP contribution in [0, 0.1) is 0 Å². The summed E-state index contributed by atoms with van der Waals surface area (Å²) >= 11 is 0. The van der Waals surface area contributed by atoms with E-state index in [1.807, 2.05) is 6.07 Å². The van der Waals surface area contributed by atoms with Crippen LogP contribution < -0.4 is 4.74 Å². The zero-order valence-corrected chi connectivity index (χ0v) is 19.5. The molecule has 168 valence electrons. The largest absolute Gasteiger partial charge is 0.489 e. The molecule has 0 aliphatic heterocycles. The van der Waals surface area contributed by atoms with E-state index in [1.165, 1.54) is 61.8 Å². The average molecular weight is 428 g/mol. The van der Waals surface area contributed by atoms with Gasteiger partial charge in [0.15, 0.2) is 0 Å². The lowest BCUT2D eigenvalue weighted by atomic mass is 9.81. The molecule has 3 aromatic carbocycles. The molecule has 0 spiro atoms. The number of benzene rings is 3. The van der Waals surface area contributed by atoms with Gasteiger partial charge in [0.2, 0.25) is 0 Å². The van der Waals surface area contributed by atoms with Crippen molar-refractivity contribution in [2.75, 3.05) is 13.1 Å². The van der Waals surface area contributed by atoms with E-state index >= 15 is 0 Å². The first kappa shape index (κ1) is 22.6. The topological polar surface area (TPSA) is 12.5 Å². The van der Waals surface area contributed by atoms with Crippen LogP contribution in [0.5, 0.6) is 5.75 Å². The van der Waals surface area contributed by atoms with Gasteiger partial charge in [-0.05, 0) is 86.4 Å². The highest BCUT2D eigenvalue weighted by molar-refractivity contribution is 5.30. The van der Waals surface area contributed by atoms with Crippen LogP contribution in [-0.4, -0.2) is 24.0 Å². The summed E-state index contributed by atoms with van der Waals surface area (Å²) in [6.45, 7) is 5.33. The lowest BCUT2D eigenvalue weighted by Gasteiger charge is -2.36. The maximum atomic E-state index is 5.96. The molecular formula is C30H37NO. The molecule has 0 amide bonds. The highest BCUT2D eigenvalue weighted by atomic mass is 16.5. The van der Waals surface area contributed by atoms with Crippen LogP contribution in [0.3, 0.4) is 0 Å². The summed E-state index contributed by atoms with van der Waals surface area (Å²) in [4.78, 5) is 2.72. The number of nitrogens with zero attached hydrogens (tertiary/aromatic N) is 1. The molecule has 0 bridgehead atoms. The Hall–Kier alpha value is -2.58. The van der Waals surface area contributed by atoms with Gasteiger partial charge in [-0.25, -0.2) is 0 Å². The lowest BCUT2D eigenvalue weighted by molar-refractivity contribution is 0.154.